The number of hydrogen-bond donors (Lipinski definition) is 0. The molecule has 0 aromatic heterocycles. The van der Waals surface area contributed by atoms with E-state index in [9.17, 15) is 30.3 Å². The van der Waals surface area contributed by atoms with Crippen LogP contribution in [0.1, 0.15) is 5.56 Å². The third-order valence-electron chi connectivity index (χ3n) is 2.02. The van der Waals surface area contributed by atoms with Crippen LogP contribution in [-0.2, 0) is 0 Å². The number of rotatable bonds is 3. The van der Waals surface area contributed by atoms with Crippen LogP contribution in [0.3, 0.4) is 0 Å². The van der Waals surface area contributed by atoms with Gasteiger partial charge in [0.05, 0.1) is 20.8 Å². The predicted molar refractivity (Wildman–Crippen MR) is 56.2 cm³/mol. The first-order valence-corrected chi connectivity index (χ1v) is 4.41. The molecule has 0 aliphatic heterocycles. The summed E-state index contributed by atoms with van der Waals surface area (Å²) in [4.78, 5) is 28.9. The third kappa shape index (κ3) is 2.13. The first kappa shape index (κ1) is 12.8. The monoisotopic (exact) mass is 261 g/mol. The summed E-state index contributed by atoms with van der Waals surface area (Å²) in [5.41, 5.74) is -2.73. The van der Waals surface area contributed by atoms with Gasteiger partial charge in [0.1, 0.15) is 5.56 Å². The molecule has 90 valence electrons. The molecular weight excluding hydrogens is 258 g/mol. The number of halogens is 1. The zero-order valence-corrected chi connectivity index (χ0v) is 9.00. The van der Waals surface area contributed by atoms with E-state index in [0.29, 0.717) is 6.07 Å². The zero-order chi connectivity index (χ0) is 13.3. The molecule has 0 aliphatic carbocycles. The Labute approximate surface area is 98.1 Å². The van der Waals surface area contributed by atoms with Crippen molar-refractivity contribution >= 4 is 28.7 Å². The Hall–Kier alpha value is -2.29. The van der Waals surface area contributed by atoms with E-state index in [1.807, 2.05) is 0 Å². The maximum Gasteiger partial charge on any atom is 0.304 e. The standard InChI is InChI=1S/C7H4ClN3O6/c1-3-4(9(12)13)2-5(10(14)15)6(8)7(3)11(16)17/h2H,1H3. The second-order valence-electron chi connectivity index (χ2n) is 2.97. The van der Waals surface area contributed by atoms with Gasteiger partial charge in [-0.2, -0.15) is 0 Å². The Balaban J connectivity index is 3.76. The minimum absolute atomic E-state index is 0.324. The van der Waals surface area contributed by atoms with E-state index in [-0.39, 0.29) is 5.56 Å². The molecule has 0 saturated heterocycles. The van der Waals surface area contributed by atoms with Crippen LogP contribution in [0, 0.1) is 37.3 Å². The minimum atomic E-state index is -1.01. The molecule has 0 aliphatic rings. The van der Waals surface area contributed by atoms with Crippen molar-refractivity contribution in [1.29, 1.82) is 0 Å². The lowest BCUT2D eigenvalue weighted by Gasteiger charge is -2.01. The summed E-state index contributed by atoms with van der Waals surface area (Å²) < 4.78 is 0. The van der Waals surface area contributed by atoms with Crippen molar-refractivity contribution in [3.05, 3.63) is 47.0 Å². The van der Waals surface area contributed by atoms with Crippen LogP contribution in [0.2, 0.25) is 5.02 Å². The Bertz CT molecular complexity index is 505. The topological polar surface area (TPSA) is 129 Å². The molecule has 0 unspecified atom stereocenters. The van der Waals surface area contributed by atoms with Crippen molar-refractivity contribution in [2.45, 2.75) is 6.92 Å². The summed E-state index contributed by atoms with van der Waals surface area (Å²) in [7, 11) is 0. The maximum absolute atomic E-state index is 10.7. The molecule has 1 aromatic rings. The predicted octanol–water partition coefficient (Wildman–Crippen LogP) is 2.37. The van der Waals surface area contributed by atoms with Crippen molar-refractivity contribution in [3.63, 3.8) is 0 Å². The van der Waals surface area contributed by atoms with Gasteiger partial charge in [-0.3, -0.25) is 30.3 Å². The molecule has 0 amide bonds. The van der Waals surface area contributed by atoms with Crippen molar-refractivity contribution < 1.29 is 14.8 Å². The molecule has 1 aromatic carbocycles. The summed E-state index contributed by atoms with van der Waals surface area (Å²) in [5, 5.41) is 31.1. The lowest BCUT2D eigenvalue weighted by Crippen LogP contribution is -2.01. The molecule has 0 bridgehead atoms. The van der Waals surface area contributed by atoms with Gasteiger partial charge in [0.2, 0.25) is 0 Å². The van der Waals surface area contributed by atoms with E-state index in [0.717, 1.165) is 6.92 Å². The number of nitro benzene ring substituents is 3. The number of hydrogen-bond acceptors (Lipinski definition) is 6. The molecule has 0 radical (unpaired) electrons. The van der Waals surface area contributed by atoms with E-state index < -0.39 is 36.9 Å². The van der Waals surface area contributed by atoms with E-state index in [2.05, 4.69) is 0 Å². The van der Waals surface area contributed by atoms with Gasteiger partial charge in [-0.05, 0) is 6.92 Å². The molecular formula is C7H4ClN3O6. The summed E-state index contributed by atoms with van der Waals surface area (Å²) in [6, 6.07) is 0.602. The lowest BCUT2D eigenvalue weighted by atomic mass is 10.1. The molecule has 0 fully saturated rings. The molecule has 1 rings (SSSR count). The number of nitrogens with zero attached hydrogens (tertiary/aromatic N) is 3. The molecule has 0 saturated carbocycles. The van der Waals surface area contributed by atoms with Crippen molar-refractivity contribution in [2.75, 3.05) is 0 Å². The lowest BCUT2D eigenvalue weighted by molar-refractivity contribution is -0.403. The van der Waals surface area contributed by atoms with Gasteiger partial charge < -0.3 is 0 Å². The summed E-state index contributed by atoms with van der Waals surface area (Å²) in [6.45, 7) is 1.10. The highest BCUT2D eigenvalue weighted by atomic mass is 35.5. The highest BCUT2D eigenvalue weighted by Crippen LogP contribution is 2.41. The normalized spacial score (nSPS) is 10.0. The Morgan fingerprint density at radius 1 is 1.00 bits per heavy atom. The second kappa shape index (κ2) is 4.29. The Morgan fingerprint density at radius 2 is 1.47 bits per heavy atom. The second-order valence-corrected chi connectivity index (χ2v) is 3.35. The Kier molecular flexibility index (Phi) is 3.23. The molecule has 0 spiro atoms. The molecule has 0 atom stereocenters. The fourth-order valence-corrected chi connectivity index (χ4v) is 1.58. The smallest absolute Gasteiger partial charge is 0.258 e. The van der Waals surface area contributed by atoms with Gasteiger partial charge >= 0.3 is 11.4 Å². The van der Waals surface area contributed by atoms with Gasteiger partial charge in [0.15, 0.2) is 5.02 Å². The van der Waals surface area contributed by atoms with Gasteiger partial charge in [-0.25, -0.2) is 0 Å². The van der Waals surface area contributed by atoms with Gasteiger partial charge in [-0.1, -0.05) is 11.6 Å². The zero-order valence-electron chi connectivity index (χ0n) is 8.25. The van der Waals surface area contributed by atoms with Crippen LogP contribution in [-0.4, -0.2) is 14.8 Å². The van der Waals surface area contributed by atoms with E-state index in [1.54, 1.807) is 0 Å². The number of benzene rings is 1. The van der Waals surface area contributed by atoms with Crippen molar-refractivity contribution in [3.8, 4) is 0 Å². The minimum Gasteiger partial charge on any atom is -0.258 e. The van der Waals surface area contributed by atoms with E-state index >= 15 is 0 Å². The van der Waals surface area contributed by atoms with Crippen LogP contribution in [0.5, 0.6) is 0 Å². The van der Waals surface area contributed by atoms with E-state index in [4.69, 9.17) is 11.6 Å². The molecule has 10 heteroatoms. The van der Waals surface area contributed by atoms with E-state index in [1.165, 1.54) is 0 Å². The quantitative estimate of drug-likeness (QED) is 0.606. The van der Waals surface area contributed by atoms with Crippen molar-refractivity contribution in [1.82, 2.24) is 0 Å². The average Bonchev–Trinajstić information content (AvgIpc) is 2.15. The van der Waals surface area contributed by atoms with Crippen molar-refractivity contribution in [2.24, 2.45) is 0 Å². The van der Waals surface area contributed by atoms with Crippen LogP contribution in [0.25, 0.3) is 0 Å². The van der Waals surface area contributed by atoms with Crippen LogP contribution >= 0.6 is 11.6 Å². The average molecular weight is 262 g/mol. The highest BCUT2D eigenvalue weighted by molar-refractivity contribution is 6.35. The van der Waals surface area contributed by atoms with Crippen LogP contribution in [0.15, 0.2) is 6.07 Å². The molecule has 0 heterocycles. The maximum atomic E-state index is 10.7. The summed E-state index contributed by atoms with van der Waals surface area (Å²) >= 11 is 5.47. The van der Waals surface area contributed by atoms with Crippen LogP contribution in [0.4, 0.5) is 17.1 Å². The molecule has 17 heavy (non-hydrogen) atoms. The van der Waals surface area contributed by atoms with Gasteiger partial charge in [-0.15, -0.1) is 0 Å². The third-order valence-corrected chi connectivity index (χ3v) is 2.39. The van der Waals surface area contributed by atoms with Gasteiger partial charge in [0, 0.05) is 0 Å². The summed E-state index contributed by atoms with van der Waals surface area (Å²) in [6.07, 6.45) is 0. The fraction of sp³-hybridized carbons (Fsp3) is 0.143. The molecule has 0 N–H and O–H groups in total. The highest BCUT2D eigenvalue weighted by Gasteiger charge is 2.33. The molecule has 9 nitrogen and oxygen atoms in total. The number of nitro groups is 3. The van der Waals surface area contributed by atoms with Gasteiger partial charge in [0.25, 0.3) is 5.69 Å². The largest absolute Gasteiger partial charge is 0.304 e. The van der Waals surface area contributed by atoms with Crippen LogP contribution < -0.4 is 0 Å². The first-order valence-electron chi connectivity index (χ1n) is 4.03. The fourth-order valence-electron chi connectivity index (χ4n) is 1.25. The first-order chi connectivity index (χ1) is 7.77. The SMILES string of the molecule is Cc1c([N+](=O)[O-])cc([N+](=O)[O-])c(Cl)c1[N+](=O)[O-]. The summed E-state index contributed by atoms with van der Waals surface area (Å²) in [5.74, 6) is 0. The Morgan fingerprint density at radius 3 is 1.82 bits per heavy atom.